The summed E-state index contributed by atoms with van der Waals surface area (Å²) < 4.78 is 26.7. The molecule has 0 amide bonds. The lowest BCUT2D eigenvalue weighted by Crippen LogP contribution is -2.51. The summed E-state index contributed by atoms with van der Waals surface area (Å²) in [6.07, 6.45) is 4.07. The van der Waals surface area contributed by atoms with Crippen molar-refractivity contribution in [3.8, 4) is 6.07 Å². The monoisotopic (exact) mass is 498 g/mol. The Morgan fingerprint density at radius 2 is 1.81 bits per heavy atom. The van der Waals surface area contributed by atoms with Gasteiger partial charge >= 0.3 is 0 Å². The zero-order valence-corrected chi connectivity index (χ0v) is 20.4. The van der Waals surface area contributed by atoms with Crippen molar-refractivity contribution < 1.29 is 8.42 Å². The van der Waals surface area contributed by atoms with Gasteiger partial charge in [0.2, 0.25) is 0 Å². The van der Waals surface area contributed by atoms with E-state index in [-0.39, 0.29) is 10.9 Å². The summed E-state index contributed by atoms with van der Waals surface area (Å²) >= 11 is 0. The van der Waals surface area contributed by atoms with Crippen LogP contribution in [0.3, 0.4) is 0 Å². The number of imidazole rings is 1. The van der Waals surface area contributed by atoms with Crippen molar-refractivity contribution in [1.82, 2.24) is 19.8 Å². The molecule has 0 fully saturated rings. The van der Waals surface area contributed by atoms with Crippen molar-refractivity contribution in [2.45, 2.75) is 30.4 Å². The number of sulfonamides is 1. The number of H-pyrrole nitrogens is 1. The fourth-order valence-corrected chi connectivity index (χ4v) is 5.70. The number of benzene rings is 3. The van der Waals surface area contributed by atoms with Gasteiger partial charge in [0.15, 0.2) is 0 Å². The SMILES string of the molecule is N#Cc1ccc2c(c1)CN(NS(=O)(=O)c1ccccc1)[C@H](Cc1ccccc1)CN2Cc1cnc[nH]1. The summed E-state index contributed by atoms with van der Waals surface area (Å²) in [6.45, 7) is 1.45. The van der Waals surface area contributed by atoms with E-state index < -0.39 is 10.0 Å². The van der Waals surface area contributed by atoms with Crippen LogP contribution in [-0.4, -0.2) is 36.0 Å². The van der Waals surface area contributed by atoms with E-state index in [9.17, 15) is 13.7 Å². The topological polar surface area (TPSA) is 105 Å². The maximum Gasteiger partial charge on any atom is 0.253 e. The molecule has 0 saturated carbocycles. The van der Waals surface area contributed by atoms with Crippen LogP contribution in [0.1, 0.15) is 22.4 Å². The second-order valence-corrected chi connectivity index (χ2v) is 10.5. The summed E-state index contributed by atoms with van der Waals surface area (Å²) in [4.78, 5) is 12.6. The standard InChI is InChI=1S/C27H26N6O2S/c28-15-22-11-12-27-23(13-22)17-33(31-36(34,35)26-9-5-2-6-10-26)25(14-21-7-3-1-4-8-21)19-32(27)18-24-16-29-20-30-24/h1-13,16,20,25,31H,14,17-19H2,(H,29,30)/t25-/m1/s1. The van der Waals surface area contributed by atoms with Crippen molar-refractivity contribution in [1.29, 1.82) is 5.26 Å². The van der Waals surface area contributed by atoms with E-state index in [1.807, 2.05) is 30.3 Å². The third-order valence-electron chi connectivity index (χ3n) is 6.28. The van der Waals surface area contributed by atoms with Crippen molar-refractivity contribution >= 4 is 15.7 Å². The minimum atomic E-state index is -3.81. The van der Waals surface area contributed by atoms with Crippen LogP contribution in [0.15, 0.2) is 96.3 Å². The van der Waals surface area contributed by atoms with Crippen LogP contribution >= 0.6 is 0 Å². The van der Waals surface area contributed by atoms with Crippen LogP contribution < -0.4 is 9.73 Å². The van der Waals surface area contributed by atoms with E-state index in [0.717, 1.165) is 22.5 Å². The zero-order valence-electron chi connectivity index (χ0n) is 19.6. The number of nitrogens with zero attached hydrogens (tertiary/aromatic N) is 4. The first kappa shape index (κ1) is 23.8. The lowest BCUT2D eigenvalue weighted by Gasteiger charge is -2.32. The first-order valence-electron chi connectivity index (χ1n) is 11.6. The lowest BCUT2D eigenvalue weighted by atomic mass is 10.1. The molecule has 5 rings (SSSR count). The fourth-order valence-electron chi connectivity index (χ4n) is 4.56. The Morgan fingerprint density at radius 3 is 2.50 bits per heavy atom. The van der Waals surface area contributed by atoms with Gasteiger partial charge in [-0.15, -0.1) is 4.83 Å². The highest BCUT2D eigenvalue weighted by Gasteiger charge is 2.31. The van der Waals surface area contributed by atoms with E-state index >= 15 is 0 Å². The van der Waals surface area contributed by atoms with Crippen molar-refractivity contribution in [2.75, 3.05) is 11.4 Å². The predicted octanol–water partition coefficient (Wildman–Crippen LogP) is 3.61. The number of nitrogens with one attached hydrogen (secondary N) is 2. The van der Waals surface area contributed by atoms with Crippen molar-refractivity contribution in [3.63, 3.8) is 0 Å². The van der Waals surface area contributed by atoms with Gasteiger partial charge in [-0.2, -0.15) is 5.26 Å². The molecule has 0 bridgehead atoms. The van der Waals surface area contributed by atoms with E-state index in [1.165, 1.54) is 0 Å². The van der Waals surface area contributed by atoms with Crippen LogP contribution in [0.5, 0.6) is 0 Å². The number of hydrogen-bond acceptors (Lipinski definition) is 6. The molecule has 0 radical (unpaired) electrons. The quantitative estimate of drug-likeness (QED) is 0.403. The van der Waals surface area contributed by atoms with Crippen LogP contribution in [-0.2, 0) is 29.5 Å². The van der Waals surface area contributed by atoms with Gasteiger partial charge in [-0.05, 0) is 47.9 Å². The Kier molecular flexibility index (Phi) is 6.82. The van der Waals surface area contributed by atoms with Crippen LogP contribution in [0.4, 0.5) is 5.69 Å². The van der Waals surface area contributed by atoms with Crippen molar-refractivity contribution in [3.05, 3.63) is 114 Å². The number of rotatable bonds is 7. The van der Waals surface area contributed by atoms with Crippen molar-refractivity contribution in [2.24, 2.45) is 0 Å². The maximum atomic E-state index is 13.4. The highest BCUT2D eigenvalue weighted by atomic mass is 32.2. The molecular formula is C27H26N6O2S. The van der Waals surface area contributed by atoms with Gasteiger partial charge in [-0.3, -0.25) is 0 Å². The molecule has 36 heavy (non-hydrogen) atoms. The maximum absolute atomic E-state index is 13.4. The first-order valence-corrected chi connectivity index (χ1v) is 13.1. The van der Waals surface area contributed by atoms with E-state index in [2.05, 4.69) is 37.9 Å². The molecule has 0 unspecified atom stereocenters. The smallest absolute Gasteiger partial charge is 0.253 e. The molecule has 4 aromatic rings. The van der Waals surface area contributed by atoms with Gasteiger partial charge in [-0.1, -0.05) is 48.5 Å². The molecule has 182 valence electrons. The Labute approximate surface area is 210 Å². The summed E-state index contributed by atoms with van der Waals surface area (Å²) in [5.41, 5.74) is 4.42. The molecule has 1 aliphatic rings. The number of anilines is 1. The minimum Gasteiger partial charge on any atom is -0.364 e. The molecule has 2 N–H and O–H groups in total. The molecule has 9 heteroatoms. The highest BCUT2D eigenvalue weighted by molar-refractivity contribution is 7.89. The molecule has 2 heterocycles. The number of nitriles is 1. The molecule has 1 aromatic heterocycles. The van der Waals surface area contributed by atoms with E-state index in [1.54, 1.807) is 53.9 Å². The first-order chi connectivity index (χ1) is 17.5. The number of fused-ring (bicyclic) bond motifs is 1. The number of hydrogen-bond donors (Lipinski definition) is 2. The van der Waals surface area contributed by atoms with Gasteiger partial charge in [0.05, 0.1) is 35.1 Å². The Morgan fingerprint density at radius 1 is 1.06 bits per heavy atom. The number of aromatic nitrogens is 2. The highest BCUT2D eigenvalue weighted by Crippen LogP contribution is 2.30. The normalized spacial score (nSPS) is 16.2. The van der Waals surface area contributed by atoms with Gasteiger partial charge < -0.3 is 9.88 Å². The second-order valence-electron chi connectivity index (χ2n) is 8.79. The Bertz CT molecular complexity index is 1450. The summed E-state index contributed by atoms with van der Waals surface area (Å²) in [7, 11) is -3.81. The third-order valence-corrected chi connectivity index (χ3v) is 7.65. The van der Waals surface area contributed by atoms with Gasteiger partial charge in [0.1, 0.15) is 0 Å². The molecule has 0 saturated heterocycles. The second kappa shape index (κ2) is 10.3. The molecule has 0 spiro atoms. The Hall–Kier alpha value is -3.97. The van der Waals surface area contributed by atoms with Gasteiger partial charge in [0.25, 0.3) is 10.0 Å². The third kappa shape index (κ3) is 5.31. The summed E-state index contributed by atoms with van der Waals surface area (Å²) in [6, 6.07) is 26.0. The van der Waals surface area contributed by atoms with Gasteiger partial charge in [-0.25, -0.2) is 18.4 Å². The lowest BCUT2D eigenvalue weighted by molar-refractivity contribution is 0.163. The van der Waals surface area contributed by atoms with E-state index in [0.29, 0.717) is 31.6 Å². The van der Waals surface area contributed by atoms with Gasteiger partial charge in [0, 0.05) is 31.0 Å². The molecule has 8 nitrogen and oxygen atoms in total. The number of hydrazine groups is 1. The molecular weight excluding hydrogens is 472 g/mol. The Balaban J connectivity index is 1.55. The average molecular weight is 499 g/mol. The summed E-state index contributed by atoms with van der Waals surface area (Å²) in [5.74, 6) is 0. The van der Waals surface area contributed by atoms with Crippen LogP contribution in [0.25, 0.3) is 0 Å². The molecule has 3 aromatic carbocycles. The molecule has 1 atom stereocenters. The van der Waals surface area contributed by atoms with E-state index in [4.69, 9.17) is 0 Å². The number of aromatic amines is 1. The van der Waals surface area contributed by atoms with Crippen LogP contribution in [0.2, 0.25) is 0 Å². The minimum absolute atomic E-state index is 0.188. The van der Waals surface area contributed by atoms with Crippen LogP contribution in [0, 0.1) is 11.3 Å². The summed E-state index contributed by atoms with van der Waals surface area (Å²) in [5, 5.41) is 11.3. The average Bonchev–Trinajstić information content (AvgIpc) is 3.37. The molecule has 0 aliphatic carbocycles. The largest absolute Gasteiger partial charge is 0.364 e. The molecule has 1 aliphatic heterocycles. The fraction of sp³-hybridized carbons (Fsp3) is 0.185. The predicted molar refractivity (Wildman–Crippen MR) is 137 cm³/mol. The zero-order chi connectivity index (χ0) is 25.0.